The zero-order chi connectivity index (χ0) is 15.9. The number of benzene rings is 1. The molecule has 0 fully saturated rings. The Hall–Kier alpha value is -2.34. The highest BCUT2D eigenvalue weighted by Crippen LogP contribution is 2.35. The molecule has 0 bridgehead atoms. The third-order valence-corrected chi connectivity index (χ3v) is 3.93. The Morgan fingerprint density at radius 2 is 2.27 bits per heavy atom. The molecule has 1 aliphatic heterocycles. The molecule has 6 nitrogen and oxygen atoms in total. The van der Waals surface area contributed by atoms with Crippen LogP contribution in [0.15, 0.2) is 23.0 Å². The zero-order valence-corrected chi connectivity index (χ0v) is 12.7. The van der Waals surface area contributed by atoms with Crippen molar-refractivity contribution in [1.82, 2.24) is 9.88 Å². The van der Waals surface area contributed by atoms with Crippen molar-refractivity contribution in [1.29, 1.82) is 0 Å². The minimum Gasteiger partial charge on any atom is -0.492 e. The molecular formula is C16H19N3O3. The summed E-state index contributed by atoms with van der Waals surface area (Å²) < 4.78 is 7.25. The van der Waals surface area contributed by atoms with Gasteiger partial charge >= 0.3 is 0 Å². The van der Waals surface area contributed by atoms with Gasteiger partial charge in [0.1, 0.15) is 5.75 Å². The second-order valence-corrected chi connectivity index (χ2v) is 5.63. The number of ether oxygens (including phenoxy) is 1. The third-order valence-electron chi connectivity index (χ3n) is 3.93. The summed E-state index contributed by atoms with van der Waals surface area (Å²) in [6, 6.07) is 4.73. The molecule has 0 aliphatic carbocycles. The van der Waals surface area contributed by atoms with Crippen molar-refractivity contribution in [2.45, 2.75) is 33.0 Å². The van der Waals surface area contributed by atoms with E-state index < -0.39 is 6.04 Å². The number of pyridine rings is 1. The van der Waals surface area contributed by atoms with Gasteiger partial charge in [0, 0.05) is 17.9 Å². The van der Waals surface area contributed by atoms with E-state index in [0.29, 0.717) is 6.61 Å². The van der Waals surface area contributed by atoms with Crippen molar-refractivity contribution < 1.29 is 9.53 Å². The van der Waals surface area contributed by atoms with Gasteiger partial charge in [-0.2, -0.15) is 0 Å². The Kier molecular flexibility index (Phi) is 3.62. The maximum absolute atomic E-state index is 12.2. The highest BCUT2D eigenvalue weighted by atomic mass is 16.5. The number of aromatic nitrogens is 1. The van der Waals surface area contributed by atoms with E-state index in [0.717, 1.165) is 34.2 Å². The molecular weight excluding hydrogens is 282 g/mol. The largest absolute Gasteiger partial charge is 0.492 e. The standard InChI is InChI=1S/C16H19N3O3/c1-9-7-11-5-6-22-15(11)12-3-4-13(20)19(14(9)12)8-18-16(21)10(2)17/h3-4,7,10H,5-6,8,17H2,1-2H3,(H,18,21)/t10-/m0/s1. The average Bonchev–Trinajstić information content (AvgIpc) is 2.93. The van der Waals surface area contributed by atoms with E-state index in [4.69, 9.17) is 10.5 Å². The molecule has 6 heteroatoms. The topological polar surface area (TPSA) is 86.4 Å². The summed E-state index contributed by atoms with van der Waals surface area (Å²) in [5.74, 6) is 0.548. The minimum atomic E-state index is -0.612. The van der Waals surface area contributed by atoms with Crippen LogP contribution in [0.1, 0.15) is 18.1 Å². The van der Waals surface area contributed by atoms with E-state index in [2.05, 4.69) is 5.32 Å². The molecule has 2 heterocycles. The predicted molar refractivity (Wildman–Crippen MR) is 83.9 cm³/mol. The lowest BCUT2D eigenvalue weighted by Crippen LogP contribution is -2.41. The van der Waals surface area contributed by atoms with Crippen LogP contribution in [0.4, 0.5) is 0 Å². The van der Waals surface area contributed by atoms with Crippen molar-refractivity contribution in [3.05, 3.63) is 39.7 Å². The van der Waals surface area contributed by atoms with Crippen LogP contribution in [-0.4, -0.2) is 23.1 Å². The number of nitrogens with one attached hydrogen (secondary N) is 1. The van der Waals surface area contributed by atoms with Crippen molar-refractivity contribution in [2.24, 2.45) is 5.73 Å². The first-order valence-electron chi connectivity index (χ1n) is 7.31. The number of carbonyl (C=O) groups is 1. The Morgan fingerprint density at radius 3 is 3.00 bits per heavy atom. The molecule has 0 unspecified atom stereocenters. The van der Waals surface area contributed by atoms with E-state index in [-0.39, 0.29) is 18.1 Å². The molecule has 1 aromatic heterocycles. The first-order chi connectivity index (χ1) is 10.5. The lowest BCUT2D eigenvalue weighted by molar-refractivity contribution is -0.122. The van der Waals surface area contributed by atoms with Crippen LogP contribution in [0.25, 0.3) is 10.9 Å². The van der Waals surface area contributed by atoms with Crippen LogP contribution in [0.3, 0.4) is 0 Å². The molecule has 3 rings (SSSR count). The van der Waals surface area contributed by atoms with E-state index >= 15 is 0 Å². The highest BCUT2D eigenvalue weighted by Gasteiger charge is 2.19. The Bertz CT molecular complexity index is 808. The van der Waals surface area contributed by atoms with Crippen LogP contribution in [0, 0.1) is 6.92 Å². The monoisotopic (exact) mass is 301 g/mol. The molecule has 1 amide bonds. The SMILES string of the molecule is Cc1cc2c(c3ccc(=O)n(CNC(=O)[C@H](C)N)c13)OCC2. The number of carbonyl (C=O) groups excluding carboxylic acids is 1. The van der Waals surface area contributed by atoms with Crippen molar-refractivity contribution in [3.63, 3.8) is 0 Å². The van der Waals surface area contributed by atoms with E-state index in [9.17, 15) is 9.59 Å². The number of nitrogens with two attached hydrogens (primary N) is 1. The minimum absolute atomic E-state index is 0.0934. The van der Waals surface area contributed by atoms with Gasteiger partial charge in [0.2, 0.25) is 5.91 Å². The summed E-state index contributed by atoms with van der Waals surface area (Å²) in [5, 5.41) is 3.59. The smallest absolute Gasteiger partial charge is 0.252 e. The number of aryl methyl sites for hydroxylation is 1. The summed E-state index contributed by atoms with van der Waals surface area (Å²) in [4.78, 5) is 23.9. The van der Waals surface area contributed by atoms with Gasteiger partial charge in [0.25, 0.3) is 5.56 Å². The number of rotatable bonds is 3. The number of hydrogen-bond acceptors (Lipinski definition) is 4. The average molecular weight is 301 g/mol. The van der Waals surface area contributed by atoms with Gasteiger partial charge in [-0.25, -0.2) is 0 Å². The van der Waals surface area contributed by atoms with Crippen LogP contribution >= 0.6 is 0 Å². The van der Waals surface area contributed by atoms with Crippen LogP contribution in [0.2, 0.25) is 0 Å². The molecule has 1 aromatic carbocycles. The van der Waals surface area contributed by atoms with Gasteiger partial charge < -0.3 is 15.8 Å². The van der Waals surface area contributed by atoms with E-state index in [1.54, 1.807) is 17.6 Å². The molecule has 0 saturated heterocycles. The molecule has 0 radical (unpaired) electrons. The maximum Gasteiger partial charge on any atom is 0.252 e. The number of nitrogens with zero attached hydrogens (tertiary/aromatic N) is 1. The summed E-state index contributed by atoms with van der Waals surface area (Å²) >= 11 is 0. The lowest BCUT2D eigenvalue weighted by atomic mass is 10.0. The molecule has 116 valence electrons. The first kappa shape index (κ1) is 14.6. The van der Waals surface area contributed by atoms with Crippen molar-refractivity contribution in [2.75, 3.05) is 6.61 Å². The molecule has 0 spiro atoms. The lowest BCUT2D eigenvalue weighted by Gasteiger charge is -2.16. The van der Waals surface area contributed by atoms with Crippen LogP contribution in [0.5, 0.6) is 5.75 Å². The maximum atomic E-state index is 12.2. The highest BCUT2D eigenvalue weighted by molar-refractivity contribution is 5.90. The van der Waals surface area contributed by atoms with Gasteiger partial charge in [-0.15, -0.1) is 0 Å². The molecule has 3 N–H and O–H groups in total. The van der Waals surface area contributed by atoms with Crippen molar-refractivity contribution >= 4 is 16.8 Å². The Labute approximate surface area is 127 Å². The van der Waals surface area contributed by atoms with E-state index in [1.807, 2.05) is 13.0 Å². The normalized spacial score (nSPS) is 14.5. The second-order valence-electron chi connectivity index (χ2n) is 5.63. The van der Waals surface area contributed by atoms with Crippen LogP contribution in [-0.2, 0) is 17.9 Å². The Morgan fingerprint density at radius 1 is 1.50 bits per heavy atom. The number of hydrogen-bond donors (Lipinski definition) is 2. The molecule has 2 aromatic rings. The van der Waals surface area contributed by atoms with Gasteiger partial charge in [-0.05, 0) is 31.0 Å². The summed E-state index contributed by atoms with van der Waals surface area (Å²) in [7, 11) is 0. The molecule has 1 atom stereocenters. The predicted octanol–water partition coefficient (Wildman–Crippen LogP) is 0.666. The number of amides is 1. The van der Waals surface area contributed by atoms with E-state index in [1.165, 1.54) is 6.07 Å². The zero-order valence-electron chi connectivity index (χ0n) is 12.7. The fourth-order valence-corrected chi connectivity index (χ4v) is 2.85. The number of fused-ring (bicyclic) bond motifs is 3. The first-order valence-corrected chi connectivity index (χ1v) is 7.31. The second kappa shape index (κ2) is 5.46. The summed E-state index contributed by atoms with van der Waals surface area (Å²) in [5.41, 5.74) is 8.31. The Balaban J connectivity index is 2.11. The van der Waals surface area contributed by atoms with Gasteiger partial charge in [0.15, 0.2) is 0 Å². The van der Waals surface area contributed by atoms with Crippen molar-refractivity contribution in [3.8, 4) is 5.75 Å². The van der Waals surface area contributed by atoms with Gasteiger partial charge in [-0.1, -0.05) is 6.07 Å². The fourth-order valence-electron chi connectivity index (χ4n) is 2.85. The summed E-state index contributed by atoms with van der Waals surface area (Å²) in [6.45, 7) is 4.32. The van der Waals surface area contributed by atoms with Crippen LogP contribution < -0.4 is 21.3 Å². The summed E-state index contributed by atoms with van der Waals surface area (Å²) in [6.07, 6.45) is 0.882. The molecule has 1 aliphatic rings. The quantitative estimate of drug-likeness (QED) is 0.872. The fraction of sp³-hybridized carbons (Fsp3) is 0.375. The molecule has 22 heavy (non-hydrogen) atoms. The van der Waals surface area contributed by atoms with Gasteiger partial charge in [-0.3, -0.25) is 14.2 Å². The third kappa shape index (κ3) is 2.35. The van der Waals surface area contributed by atoms with Gasteiger partial charge in [0.05, 0.1) is 24.8 Å². The molecule has 0 saturated carbocycles.